The molecule has 0 bridgehead atoms. The highest BCUT2D eigenvalue weighted by atomic mass is 16.5. The molecule has 158 valence electrons. The summed E-state index contributed by atoms with van der Waals surface area (Å²) in [6, 6.07) is 17.1. The molecule has 3 aromatic rings. The van der Waals surface area contributed by atoms with Gasteiger partial charge in [-0.3, -0.25) is 4.79 Å². The molecule has 0 spiro atoms. The minimum atomic E-state index is -0.256. The highest BCUT2D eigenvalue weighted by Crippen LogP contribution is 2.27. The fourth-order valence-electron chi connectivity index (χ4n) is 3.00. The molecule has 6 heteroatoms. The number of amides is 1. The lowest BCUT2D eigenvalue weighted by atomic mass is 10.1. The lowest BCUT2D eigenvalue weighted by Crippen LogP contribution is -2.25. The smallest absolute Gasteiger partial charge is 0.287 e. The molecule has 6 nitrogen and oxygen atoms in total. The van der Waals surface area contributed by atoms with Gasteiger partial charge >= 0.3 is 0 Å². The van der Waals surface area contributed by atoms with Crippen molar-refractivity contribution in [2.24, 2.45) is 0 Å². The van der Waals surface area contributed by atoms with E-state index < -0.39 is 0 Å². The second kappa shape index (κ2) is 10.4. The van der Waals surface area contributed by atoms with Gasteiger partial charge in [0.1, 0.15) is 18.1 Å². The zero-order valence-electron chi connectivity index (χ0n) is 17.6. The van der Waals surface area contributed by atoms with Crippen LogP contribution in [0.4, 0.5) is 0 Å². The highest BCUT2D eigenvalue weighted by Gasteiger charge is 2.12. The third kappa shape index (κ3) is 5.56. The average Bonchev–Trinajstić information content (AvgIpc) is 3.27. The predicted octanol–water partition coefficient (Wildman–Crippen LogP) is 4.41. The molecule has 0 atom stereocenters. The maximum Gasteiger partial charge on any atom is 0.287 e. The van der Waals surface area contributed by atoms with E-state index in [0.29, 0.717) is 30.2 Å². The van der Waals surface area contributed by atoms with Crippen molar-refractivity contribution in [1.29, 1.82) is 0 Å². The van der Waals surface area contributed by atoms with E-state index in [1.54, 1.807) is 26.4 Å². The Morgan fingerprint density at radius 1 is 0.933 bits per heavy atom. The molecule has 1 heterocycles. The van der Waals surface area contributed by atoms with E-state index in [9.17, 15) is 4.79 Å². The highest BCUT2D eigenvalue weighted by molar-refractivity contribution is 5.91. The minimum absolute atomic E-state index is 0.256. The summed E-state index contributed by atoms with van der Waals surface area (Å²) in [4.78, 5) is 12.3. The summed E-state index contributed by atoms with van der Waals surface area (Å²) in [5.74, 6) is 2.72. The van der Waals surface area contributed by atoms with E-state index >= 15 is 0 Å². The van der Waals surface area contributed by atoms with Gasteiger partial charge in [-0.15, -0.1) is 0 Å². The number of furan rings is 1. The summed E-state index contributed by atoms with van der Waals surface area (Å²) in [6.45, 7) is 2.86. The van der Waals surface area contributed by atoms with Gasteiger partial charge in [-0.1, -0.05) is 25.1 Å². The van der Waals surface area contributed by atoms with Crippen molar-refractivity contribution in [3.63, 3.8) is 0 Å². The maximum absolute atomic E-state index is 12.3. The number of aryl methyl sites for hydroxylation is 1. The first-order chi connectivity index (χ1) is 14.6. The third-order valence-electron chi connectivity index (χ3n) is 4.75. The van der Waals surface area contributed by atoms with Gasteiger partial charge < -0.3 is 23.9 Å². The molecular weight excluding hydrogens is 382 g/mol. The van der Waals surface area contributed by atoms with E-state index in [4.69, 9.17) is 18.6 Å². The predicted molar refractivity (Wildman–Crippen MR) is 114 cm³/mol. The Hall–Kier alpha value is -3.41. The van der Waals surface area contributed by atoms with Crippen LogP contribution < -0.4 is 19.5 Å². The second-order valence-electron chi connectivity index (χ2n) is 6.75. The second-order valence-corrected chi connectivity index (χ2v) is 6.75. The molecule has 0 saturated heterocycles. The number of hydrogen-bond acceptors (Lipinski definition) is 5. The van der Waals surface area contributed by atoms with Crippen LogP contribution >= 0.6 is 0 Å². The van der Waals surface area contributed by atoms with Gasteiger partial charge in [-0.2, -0.15) is 0 Å². The fourth-order valence-corrected chi connectivity index (χ4v) is 3.00. The van der Waals surface area contributed by atoms with Crippen LogP contribution in [0.15, 0.2) is 59.0 Å². The van der Waals surface area contributed by atoms with Crippen LogP contribution in [0, 0.1) is 0 Å². The van der Waals surface area contributed by atoms with Crippen LogP contribution in [0.5, 0.6) is 17.2 Å². The summed E-state index contributed by atoms with van der Waals surface area (Å²) < 4.78 is 21.9. The number of methoxy groups -OCH3 is 2. The van der Waals surface area contributed by atoms with Gasteiger partial charge in [0.2, 0.25) is 0 Å². The molecule has 0 fully saturated rings. The minimum Gasteiger partial charge on any atom is -0.493 e. The Morgan fingerprint density at radius 3 is 2.37 bits per heavy atom. The Bertz CT molecular complexity index is 962. The number of benzene rings is 2. The van der Waals surface area contributed by atoms with E-state index in [1.807, 2.05) is 42.5 Å². The maximum atomic E-state index is 12.3. The average molecular weight is 409 g/mol. The first kappa shape index (κ1) is 21.3. The van der Waals surface area contributed by atoms with Gasteiger partial charge in [-0.25, -0.2) is 0 Å². The number of nitrogens with one attached hydrogen (secondary N) is 1. The SMILES string of the molecule is CCc1ccc(OCc2ccc(C(=O)NCCc3ccc(OC)c(OC)c3)o2)cc1. The summed E-state index contributed by atoms with van der Waals surface area (Å²) in [7, 11) is 3.20. The molecule has 0 aliphatic carbocycles. The Balaban J connectivity index is 1.47. The number of hydrogen-bond donors (Lipinski definition) is 1. The summed E-state index contributed by atoms with van der Waals surface area (Å²) in [6.07, 6.45) is 1.65. The largest absolute Gasteiger partial charge is 0.493 e. The van der Waals surface area contributed by atoms with Gasteiger partial charge in [0.25, 0.3) is 5.91 Å². The molecule has 30 heavy (non-hydrogen) atoms. The van der Waals surface area contributed by atoms with Crippen molar-refractivity contribution in [3.05, 3.63) is 77.2 Å². The summed E-state index contributed by atoms with van der Waals surface area (Å²) in [5, 5.41) is 2.87. The van der Waals surface area contributed by atoms with Crippen LogP contribution in [0.2, 0.25) is 0 Å². The molecular formula is C24H27NO5. The van der Waals surface area contributed by atoms with Crippen LogP contribution in [0.3, 0.4) is 0 Å². The molecule has 3 rings (SSSR count). The third-order valence-corrected chi connectivity index (χ3v) is 4.75. The van der Waals surface area contributed by atoms with Crippen LogP contribution in [0.1, 0.15) is 34.4 Å². The van der Waals surface area contributed by atoms with Crippen LogP contribution in [0.25, 0.3) is 0 Å². The first-order valence-electron chi connectivity index (χ1n) is 9.92. The summed E-state index contributed by atoms with van der Waals surface area (Å²) in [5.41, 5.74) is 2.29. The van der Waals surface area contributed by atoms with Crippen molar-refractivity contribution in [2.45, 2.75) is 26.4 Å². The Labute approximate surface area is 176 Å². The molecule has 1 amide bonds. The molecule has 0 radical (unpaired) electrons. The zero-order valence-corrected chi connectivity index (χ0v) is 17.6. The summed E-state index contributed by atoms with van der Waals surface area (Å²) >= 11 is 0. The topological polar surface area (TPSA) is 69.9 Å². The quantitative estimate of drug-likeness (QED) is 0.537. The van der Waals surface area contributed by atoms with Gasteiger partial charge in [0, 0.05) is 6.54 Å². The van der Waals surface area contributed by atoms with E-state index in [2.05, 4.69) is 12.2 Å². The number of carbonyl (C=O) groups excluding carboxylic acids is 1. The first-order valence-corrected chi connectivity index (χ1v) is 9.92. The zero-order chi connectivity index (χ0) is 21.3. The normalized spacial score (nSPS) is 10.5. The Morgan fingerprint density at radius 2 is 1.67 bits per heavy atom. The van der Waals surface area contributed by atoms with Crippen molar-refractivity contribution in [1.82, 2.24) is 5.32 Å². The molecule has 1 N–H and O–H groups in total. The molecule has 2 aromatic carbocycles. The van der Waals surface area contributed by atoms with Crippen molar-refractivity contribution < 1.29 is 23.4 Å². The monoisotopic (exact) mass is 409 g/mol. The van der Waals surface area contributed by atoms with Crippen molar-refractivity contribution in [2.75, 3.05) is 20.8 Å². The van der Waals surface area contributed by atoms with E-state index in [0.717, 1.165) is 17.7 Å². The number of rotatable bonds is 10. The lowest BCUT2D eigenvalue weighted by molar-refractivity contribution is 0.0922. The number of carbonyl (C=O) groups is 1. The molecule has 0 aliphatic rings. The number of ether oxygens (including phenoxy) is 3. The van der Waals surface area contributed by atoms with Gasteiger partial charge in [0.05, 0.1) is 14.2 Å². The van der Waals surface area contributed by atoms with Crippen molar-refractivity contribution >= 4 is 5.91 Å². The lowest BCUT2D eigenvalue weighted by Gasteiger charge is -2.09. The van der Waals surface area contributed by atoms with Crippen molar-refractivity contribution in [3.8, 4) is 17.2 Å². The molecule has 0 saturated carbocycles. The standard InChI is InChI=1S/C24H27NO5/c1-4-17-5-8-19(9-6-17)29-16-20-10-12-22(30-20)24(26)25-14-13-18-7-11-21(27-2)23(15-18)28-3/h5-12,15H,4,13-14,16H2,1-3H3,(H,25,26). The van der Waals surface area contributed by atoms with E-state index in [1.165, 1.54) is 5.56 Å². The van der Waals surface area contributed by atoms with Gasteiger partial charge in [0.15, 0.2) is 17.3 Å². The molecule has 0 aliphatic heterocycles. The fraction of sp³-hybridized carbons (Fsp3) is 0.292. The Kier molecular flexibility index (Phi) is 7.38. The molecule has 1 aromatic heterocycles. The van der Waals surface area contributed by atoms with Gasteiger partial charge in [-0.05, 0) is 60.4 Å². The molecule has 0 unspecified atom stereocenters. The van der Waals surface area contributed by atoms with E-state index in [-0.39, 0.29) is 18.3 Å². The van der Waals surface area contributed by atoms with Crippen LogP contribution in [-0.4, -0.2) is 26.7 Å². The van der Waals surface area contributed by atoms with Crippen LogP contribution in [-0.2, 0) is 19.4 Å².